The van der Waals surface area contributed by atoms with Crippen LogP contribution in [-0.2, 0) is 0 Å². The molecule has 0 aromatic rings. The molecular formula is C7H8ClN3. The Hall–Kier alpha value is -0.830. The molecule has 0 N–H and O–H groups in total. The Bertz CT molecular complexity index is 265. The first kappa shape index (κ1) is 6.85. The largest absolute Gasteiger partial charge is 0.244 e. The van der Waals surface area contributed by atoms with Gasteiger partial charge in [-0.15, -0.1) is 0 Å². The predicted molar refractivity (Wildman–Crippen MR) is 46.0 cm³/mol. The fourth-order valence-corrected chi connectivity index (χ4v) is 1.36. The number of fused-ring (bicyclic) bond motifs is 1. The molecule has 0 saturated heterocycles. The van der Waals surface area contributed by atoms with Gasteiger partial charge in [0.25, 0.3) is 0 Å². The molecule has 0 amide bonds. The first-order valence-corrected chi connectivity index (χ1v) is 3.82. The topological polar surface area (TPSA) is 28.0 Å². The maximum Gasteiger partial charge on any atom is 0.153 e. The average molecular weight is 170 g/mol. The fraction of sp³-hybridized carbons (Fsp3) is 0.429. The highest BCUT2D eigenvalue weighted by Gasteiger charge is 2.32. The highest BCUT2D eigenvalue weighted by atomic mass is 35.5. The van der Waals surface area contributed by atoms with Crippen molar-refractivity contribution in [3.63, 3.8) is 0 Å². The zero-order valence-corrected chi connectivity index (χ0v) is 6.91. The van der Waals surface area contributed by atoms with Gasteiger partial charge in [0.05, 0.1) is 6.54 Å². The van der Waals surface area contributed by atoms with Gasteiger partial charge in [-0.05, 0) is 19.1 Å². The van der Waals surface area contributed by atoms with E-state index in [-0.39, 0.29) is 0 Å². The first-order chi connectivity index (χ1) is 5.17. The lowest BCUT2D eigenvalue weighted by molar-refractivity contribution is 0.440. The third-order valence-corrected chi connectivity index (χ3v) is 1.79. The van der Waals surface area contributed by atoms with Crippen molar-refractivity contribution in [2.75, 3.05) is 6.54 Å². The number of amidine groups is 1. The van der Waals surface area contributed by atoms with Crippen LogP contribution in [0.2, 0.25) is 0 Å². The number of allylic oxidation sites excluding steroid dienone is 1. The number of hydrogen-bond acceptors (Lipinski definition) is 3. The van der Waals surface area contributed by atoms with Crippen molar-refractivity contribution in [3.8, 4) is 0 Å². The average Bonchev–Trinajstić information content (AvgIpc) is 2.21. The molecule has 58 valence electrons. The number of hydrogen-bond donors (Lipinski definition) is 0. The fourth-order valence-electron chi connectivity index (χ4n) is 1.16. The SMILES string of the molecule is CC1(Cl)CN2N=CC=CC2=N1. The molecule has 0 aromatic carbocycles. The standard InChI is InChI=1S/C7H8ClN3/c1-7(8)5-11-6(10-7)3-2-4-9-11/h2-4H,5H2,1H3. The summed E-state index contributed by atoms with van der Waals surface area (Å²) in [4.78, 5) is 3.75. The van der Waals surface area contributed by atoms with Gasteiger partial charge >= 0.3 is 0 Å². The summed E-state index contributed by atoms with van der Waals surface area (Å²) in [6, 6.07) is 0. The van der Waals surface area contributed by atoms with Crippen molar-refractivity contribution in [2.45, 2.75) is 11.9 Å². The lowest BCUT2D eigenvalue weighted by atomic mass is 10.4. The summed E-state index contributed by atoms with van der Waals surface area (Å²) >= 11 is 6.01. The molecule has 4 heteroatoms. The van der Waals surface area contributed by atoms with E-state index in [4.69, 9.17) is 11.6 Å². The molecule has 2 heterocycles. The first-order valence-electron chi connectivity index (χ1n) is 3.44. The van der Waals surface area contributed by atoms with E-state index in [1.165, 1.54) is 0 Å². The van der Waals surface area contributed by atoms with Crippen LogP contribution in [-0.4, -0.2) is 28.6 Å². The molecule has 0 bridgehead atoms. The van der Waals surface area contributed by atoms with Gasteiger partial charge in [0, 0.05) is 6.21 Å². The smallest absolute Gasteiger partial charge is 0.153 e. The molecule has 1 unspecified atom stereocenters. The second kappa shape index (κ2) is 2.08. The van der Waals surface area contributed by atoms with Gasteiger partial charge < -0.3 is 0 Å². The number of nitrogens with zero attached hydrogens (tertiary/aromatic N) is 3. The van der Waals surface area contributed by atoms with E-state index in [1.54, 1.807) is 11.2 Å². The van der Waals surface area contributed by atoms with Crippen LogP contribution in [0.5, 0.6) is 0 Å². The summed E-state index contributed by atoms with van der Waals surface area (Å²) in [5.74, 6) is 0.852. The van der Waals surface area contributed by atoms with Gasteiger partial charge in [-0.3, -0.25) is 0 Å². The van der Waals surface area contributed by atoms with Crippen molar-refractivity contribution in [3.05, 3.63) is 12.2 Å². The van der Waals surface area contributed by atoms with E-state index in [0.29, 0.717) is 6.54 Å². The summed E-state index contributed by atoms with van der Waals surface area (Å²) in [6.07, 6.45) is 5.49. The molecule has 0 radical (unpaired) electrons. The second-order valence-corrected chi connectivity index (χ2v) is 3.61. The van der Waals surface area contributed by atoms with E-state index in [2.05, 4.69) is 10.1 Å². The Morgan fingerprint density at radius 1 is 1.73 bits per heavy atom. The molecule has 2 aliphatic heterocycles. The van der Waals surface area contributed by atoms with Crippen molar-refractivity contribution in [1.82, 2.24) is 5.01 Å². The van der Waals surface area contributed by atoms with Crippen LogP contribution in [0.4, 0.5) is 0 Å². The molecule has 11 heavy (non-hydrogen) atoms. The Labute approximate surface area is 70.1 Å². The van der Waals surface area contributed by atoms with Crippen LogP contribution in [0.15, 0.2) is 22.2 Å². The van der Waals surface area contributed by atoms with E-state index in [0.717, 1.165) is 5.84 Å². The van der Waals surface area contributed by atoms with Crippen LogP contribution in [0.3, 0.4) is 0 Å². The molecular weight excluding hydrogens is 162 g/mol. The summed E-state index contributed by atoms with van der Waals surface area (Å²) in [5.41, 5.74) is 0. The van der Waals surface area contributed by atoms with Crippen molar-refractivity contribution < 1.29 is 0 Å². The minimum absolute atomic E-state index is 0.499. The van der Waals surface area contributed by atoms with Crippen LogP contribution in [0.1, 0.15) is 6.92 Å². The van der Waals surface area contributed by atoms with Gasteiger partial charge in [0.1, 0.15) is 5.84 Å². The number of alkyl halides is 1. The van der Waals surface area contributed by atoms with Crippen LogP contribution in [0.25, 0.3) is 0 Å². The van der Waals surface area contributed by atoms with Crippen LogP contribution < -0.4 is 0 Å². The summed E-state index contributed by atoms with van der Waals surface area (Å²) < 4.78 is 0. The van der Waals surface area contributed by atoms with E-state index in [1.807, 2.05) is 19.1 Å². The summed E-state index contributed by atoms with van der Waals surface area (Å²) in [6.45, 7) is 2.54. The van der Waals surface area contributed by atoms with Gasteiger partial charge in [0.15, 0.2) is 5.00 Å². The van der Waals surface area contributed by atoms with E-state index in [9.17, 15) is 0 Å². The normalized spacial score (nSPS) is 34.0. The zero-order chi connectivity index (χ0) is 7.90. The van der Waals surface area contributed by atoms with Gasteiger partial charge in [-0.2, -0.15) is 5.10 Å². The summed E-state index contributed by atoms with van der Waals surface area (Å²) in [5, 5.41) is 5.89. The number of rotatable bonds is 0. The van der Waals surface area contributed by atoms with Gasteiger partial charge in [-0.25, -0.2) is 10.0 Å². The number of hydrazone groups is 1. The molecule has 2 rings (SSSR count). The number of halogens is 1. The Morgan fingerprint density at radius 3 is 3.27 bits per heavy atom. The third kappa shape index (κ3) is 1.16. The van der Waals surface area contributed by atoms with Crippen molar-refractivity contribution in [2.24, 2.45) is 10.1 Å². The monoisotopic (exact) mass is 169 g/mol. The lowest BCUT2D eigenvalue weighted by Crippen LogP contribution is -2.27. The maximum absolute atomic E-state index is 6.01. The molecule has 0 fully saturated rings. The van der Waals surface area contributed by atoms with Gasteiger partial charge in [0.2, 0.25) is 0 Å². The second-order valence-electron chi connectivity index (χ2n) is 2.79. The molecule has 0 spiro atoms. The Balaban J connectivity index is 2.33. The molecule has 2 aliphatic rings. The molecule has 0 saturated carbocycles. The molecule has 1 atom stereocenters. The lowest BCUT2D eigenvalue weighted by Gasteiger charge is -2.15. The summed E-state index contributed by atoms with van der Waals surface area (Å²) in [7, 11) is 0. The van der Waals surface area contributed by atoms with Crippen LogP contribution >= 0.6 is 11.6 Å². The molecule has 0 aliphatic carbocycles. The van der Waals surface area contributed by atoms with Crippen LogP contribution in [0, 0.1) is 0 Å². The predicted octanol–water partition coefficient (Wildman–Crippen LogP) is 1.21. The maximum atomic E-state index is 6.01. The highest BCUT2D eigenvalue weighted by Crippen LogP contribution is 2.26. The minimum atomic E-state index is -0.499. The number of aliphatic imine (C=N–C) groups is 1. The molecule has 0 aromatic heterocycles. The van der Waals surface area contributed by atoms with Crippen molar-refractivity contribution >= 4 is 23.7 Å². The van der Waals surface area contributed by atoms with E-state index >= 15 is 0 Å². The van der Waals surface area contributed by atoms with E-state index < -0.39 is 5.00 Å². The van der Waals surface area contributed by atoms with Gasteiger partial charge in [-0.1, -0.05) is 11.6 Å². The Morgan fingerprint density at radius 2 is 2.55 bits per heavy atom. The highest BCUT2D eigenvalue weighted by molar-refractivity contribution is 6.25. The van der Waals surface area contributed by atoms with Crippen molar-refractivity contribution in [1.29, 1.82) is 0 Å². The zero-order valence-electron chi connectivity index (χ0n) is 6.16. The minimum Gasteiger partial charge on any atom is -0.244 e. The Kier molecular flexibility index (Phi) is 1.29. The third-order valence-electron chi connectivity index (χ3n) is 1.59. The quantitative estimate of drug-likeness (QED) is 0.396. The molecule has 3 nitrogen and oxygen atoms in total.